The number of benzene rings is 1. The molecule has 2 N–H and O–H groups in total. The summed E-state index contributed by atoms with van der Waals surface area (Å²) in [6.45, 7) is 2.46. The van der Waals surface area contributed by atoms with Crippen molar-refractivity contribution in [1.82, 2.24) is 0 Å². The van der Waals surface area contributed by atoms with Crippen LogP contribution in [0.5, 0.6) is 0 Å². The zero-order chi connectivity index (χ0) is 9.42. The third-order valence-corrected chi connectivity index (χ3v) is 2.80. The molecule has 0 amide bonds. The maximum atomic E-state index is 5.64. The van der Waals surface area contributed by atoms with Gasteiger partial charge in [0.15, 0.2) is 0 Å². The molecule has 68 valence electrons. The summed E-state index contributed by atoms with van der Waals surface area (Å²) in [5.74, 6) is 0.907. The molecule has 0 aliphatic carbocycles. The Kier molecular flexibility index (Phi) is 2.14. The molecule has 0 unspecified atom stereocenters. The van der Waals surface area contributed by atoms with Gasteiger partial charge in [0.25, 0.3) is 0 Å². The van der Waals surface area contributed by atoms with Crippen LogP contribution < -0.4 is 5.73 Å². The molecule has 1 heterocycles. The van der Waals surface area contributed by atoms with Crippen LogP contribution in [-0.2, 0) is 6.54 Å². The summed E-state index contributed by atoms with van der Waals surface area (Å²) in [5, 5.41) is 1.11. The SMILES string of the molecule is Cc1oc2c(Br)cccc2c1CN. The van der Waals surface area contributed by atoms with Crippen molar-refractivity contribution in [3.63, 3.8) is 0 Å². The fraction of sp³-hybridized carbons (Fsp3) is 0.200. The van der Waals surface area contributed by atoms with Crippen molar-refractivity contribution in [1.29, 1.82) is 0 Å². The second kappa shape index (κ2) is 3.16. The molecular formula is C10H10BrNO. The molecule has 0 fully saturated rings. The molecule has 2 nitrogen and oxygen atoms in total. The van der Waals surface area contributed by atoms with Crippen LogP contribution in [0, 0.1) is 6.92 Å². The van der Waals surface area contributed by atoms with E-state index < -0.39 is 0 Å². The second-order valence-electron chi connectivity index (χ2n) is 2.96. The normalized spacial score (nSPS) is 11.0. The largest absolute Gasteiger partial charge is 0.460 e. The van der Waals surface area contributed by atoms with Crippen molar-refractivity contribution >= 4 is 26.9 Å². The number of halogens is 1. The molecule has 0 aliphatic rings. The standard InChI is InChI=1S/C10H10BrNO/c1-6-8(5-12)7-3-2-4-9(11)10(7)13-6/h2-4H,5,12H2,1H3. The van der Waals surface area contributed by atoms with E-state index >= 15 is 0 Å². The van der Waals surface area contributed by atoms with Gasteiger partial charge in [-0.05, 0) is 28.9 Å². The van der Waals surface area contributed by atoms with E-state index in [9.17, 15) is 0 Å². The molecule has 3 heteroatoms. The predicted molar refractivity (Wildman–Crippen MR) is 56.5 cm³/mol. The summed E-state index contributed by atoms with van der Waals surface area (Å²) in [6.07, 6.45) is 0. The Balaban J connectivity index is 2.86. The third-order valence-electron chi connectivity index (χ3n) is 2.18. The lowest BCUT2D eigenvalue weighted by molar-refractivity contribution is 0.570. The number of fused-ring (bicyclic) bond motifs is 1. The highest BCUT2D eigenvalue weighted by Gasteiger charge is 2.10. The fourth-order valence-corrected chi connectivity index (χ4v) is 1.96. The van der Waals surface area contributed by atoms with Crippen molar-refractivity contribution in [3.8, 4) is 0 Å². The maximum absolute atomic E-state index is 5.64. The van der Waals surface area contributed by atoms with Crippen LogP contribution in [0.2, 0.25) is 0 Å². The first-order chi connectivity index (χ1) is 6.24. The summed E-state index contributed by atoms with van der Waals surface area (Å²) in [6, 6.07) is 5.98. The Hall–Kier alpha value is -0.800. The molecule has 1 aromatic heterocycles. The van der Waals surface area contributed by atoms with Crippen LogP contribution in [0.3, 0.4) is 0 Å². The average molecular weight is 240 g/mol. The zero-order valence-corrected chi connectivity index (χ0v) is 8.89. The van der Waals surface area contributed by atoms with Gasteiger partial charge in [-0.2, -0.15) is 0 Å². The summed E-state index contributed by atoms with van der Waals surface area (Å²) in [4.78, 5) is 0. The van der Waals surface area contributed by atoms with Gasteiger partial charge in [-0.3, -0.25) is 0 Å². The molecule has 0 bridgehead atoms. The lowest BCUT2D eigenvalue weighted by Gasteiger charge is -1.93. The van der Waals surface area contributed by atoms with Crippen LogP contribution in [0.25, 0.3) is 11.0 Å². The molecular weight excluding hydrogens is 230 g/mol. The number of para-hydroxylation sites is 1. The quantitative estimate of drug-likeness (QED) is 0.832. The highest BCUT2D eigenvalue weighted by Crippen LogP contribution is 2.30. The molecule has 2 aromatic rings. The van der Waals surface area contributed by atoms with Gasteiger partial charge in [0.2, 0.25) is 0 Å². The third kappa shape index (κ3) is 1.28. The van der Waals surface area contributed by atoms with E-state index in [2.05, 4.69) is 15.9 Å². The molecule has 0 radical (unpaired) electrons. The van der Waals surface area contributed by atoms with Gasteiger partial charge < -0.3 is 10.2 Å². The van der Waals surface area contributed by atoms with Crippen molar-refractivity contribution in [2.45, 2.75) is 13.5 Å². The predicted octanol–water partition coefficient (Wildman–Crippen LogP) is 2.96. The highest BCUT2D eigenvalue weighted by molar-refractivity contribution is 9.10. The number of rotatable bonds is 1. The van der Waals surface area contributed by atoms with E-state index in [1.165, 1.54) is 0 Å². The highest BCUT2D eigenvalue weighted by atomic mass is 79.9. The van der Waals surface area contributed by atoms with Crippen molar-refractivity contribution in [2.24, 2.45) is 5.73 Å². The average Bonchev–Trinajstić information content (AvgIpc) is 2.43. The monoisotopic (exact) mass is 239 g/mol. The van der Waals surface area contributed by atoms with Crippen molar-refractivity contribution in [2.75, 3.05) is 0 Å². The fourth-order valence-electron chi connectivity index (χ4n) is 1.51. The van der Waals surface area contributed by atoms with E-state index in [1.54, 1.807) is 0 Å². The van der Waals surface area contributed by atoms with Crippen LogP contribution in [0.1, 0.15) is 11.3 Å². The number of hydrogen-bond donors (Lipinski definition) is 1. The summed E-state index contributed by atoms with van der Waals surface area (Å²) in [7, 11) is 0. The van der Waals surface area contributed by atoms with Crippen molar-refractivity contribution < 1.29 is 4.42 Å². The van der Waals surface area contributed by atoms with Crippen LogP contribution in [-0.4, -0.2) is 0 Å². The Labute approximate surface area is 84.8 Å². The molecule has 0 aliphatic heterocycles. The number of nitrogens with two attached hydrogens (primary N) is 1. The second-order valence-corrected chi connectivity index (χ2v) is 3.81. The first-order valence-electron chi connectivity index (χ1n) is 4.10. The Morgan fingerprint density at radius 1 is 1.46 bits per heavy atom. The van der Waals surface area contributed by atoms with Crippen LogP contribution in [0.4, 0.5) is 0 Å². The lowest BCUT2D eigenvalue weighted by Crippen LogP contribution is -1.96. The molecule has 13 heavy (non-hydrogen) atoms. The number of hydrogen-bond acceptors (Lipinski definition) is 2. The summed E-state index contributed by atoms with van der Waals surface area (Å²) >= 11 is 3.44. The van der Waals surface area contributed by atoms with Crippen molar-refractivity contribution in [3.05, 3.63) is 34.0 Å². The molecule has 1 aromatic carbocycles. The molecule has 0 saturated carbocycles. The molecule has 2 rings (SSSR count). The van der Waals surface area contributed by atoms with E-state index in [-0.39, 0.29) is 0 Å². The maximum Gasteiger partial charge on any atom is 0.148 e. The first kappa shape index (κ1) is 8.78. The van der Waals surface area contributed by atoms with Gasteiger partial charge in [0.1, 0.15) is 11.3 Å². The zero-order valence-electron chi connectivity index (χ0n) is 7.30. The van der Waals surface area contributed by atoms with E-state index in [0.717, 1.165) is 26.8 Å². The molecule has 0 atom stereocenters. The van der Waals surface area contributed by atoms with Gasteiger partial charge in [-0.15, -0.1) is 0 Å². The Morgan fingerprint density at radius 3 is 2.92 bits per heavy atom. The van der Waals surface area contributed by atoms with Crippen LogP contribution in [0.15, 0.2) is 27.1 Å². The minimum Gasteiger partial charge on any atom is -0.460 e. The molecule has 0 saturated heterocycles. The Morgan fingerprint density at radius 2 is 2.23 bits per heavy atom. The minimum atomic E-state index is 0.523. The number of furan rings is 1. The van der Waals surface area contributed by atoms with Gasteiger partial charge in [-0.25, -0.2) is 0 Å². The lowest BCUT2D eigenvalue weighted by atomic mass is 10.1. The number of aryl methyl sites for hydroxylation is 1. The van der Waals surface area contributed by atoms with Crippen LogP contribution >= 0.6 is 15.9 Å². The van der Waals surface area contributed by atoms with Gasteiger partial charge in [0.05, 0.1) is 4.47 Å². The summed E-state index contributed by atoms with van der Waals surface area (Å²) < 4.78 is 6.57. The minimum absolute atomic E-state index is 0.523. The van der Waals surface area contributed by atoms with E-state index in [4.69, 9.17) is 10.2 Å². The smallest absolute Gasteiger partial charge is 0.148 e. The Bertz CT molecular complexity index is 447. The topological polar surface area (TPSA) is 39.2 Å². The van der Waals surface area contributed by atoms with Gasteiger partial charge in [0, 0.05) is 17.5 Å². The summed E-state index contributed by atoms with van der Waals surface area (Å²) in [5.41, 5.74) is 7.62. The van der Waals surface area contributed by atoms with E-state index in [0.29, 0.717) is 6.54 Å². The van der Waals surface area contributed by atoms with Gasteiger partial charge >= 0.3 is 0 Å². The first-order valence-corrected chi connectivity index (χ1v) is 4.90. The van der Waals surface area contributed by atoms with E-state index in [1.807, 2.05) is 25.1 Å². The van der Waals surface area contributed by atoms with Gasteiger partial charge in [-0.1, -0.05) is 12.1 Å². The molecule has 0 spiro atoms.